The van der Waals surface area contributed by atoms with Crippen molar-refractivity contribution in [3.8, 4) is 12.3 Å². The highest BCUT2D eigenvalue weighted by atomic mass is 16.6. The predicted octanol–water partition coefficient (Wildman–Crippen LogP) is 2.89. The molecule has 0 aromatic rings. The first-order valence-electron chi connectivity index (χ1n) is 7.02. The van der Waals surface area contributed by atoms with Crippen LogP contribution in [0, 0.1) is 29.1 Å². The minimum absolute atomic E-state index is 0.0919. The van der Waals surface area contributed by atoms with Crippen molar-refractivity contribution in [2.75, 3.05) is 0 Å². The molecule has 0 heterocycles. The first kappa shape index (κ1) is 14.8. The van der Waals surface area contributed by atoms with E-state index in [1.54, 1.807) is 13.8 Å². The molecule has 108 valence electrons. The molecule has 2 aliphatic rings. The summed E-state index contributed by atoms with van der Waals surface area (Å²) in [4.78, 5) is 24.5. The number of carbonyl (C=O) groups is 2. The number of ketones is 1. The van der Waals surface area contributed by atoms with Gasteiger partial charge in [0.25, 0.3) is 0 Å². The number of ether oxygens (including phenoxy) is 1. The Balaban J connectivity index is 2.28. The number of carbonyl (C=O) groups excluding carboxylic acids is 2. The fourth-order valence-corrected chi connectivity index (χ4v) is 3.53. The first-order valence-corrected chi connectivity index (χ1v) is 7.02. The van der Waals surface area contributed by atoms with E-state index < -0.39 is 11.6 Å². The number of Topliss-reactive ketones (excluding diaryl/α,β-unsaturated/α-hetero) is 1. The summed E-state index contributed by atoms with van der Waals surface area (Å²) in [5, 5.41) is 0. The number of allylic oxidation sites excluding steroid dienone is 1. The molecule has 0 saturated heterocycles. The van der Waals surface area contributed by atoms with Crippen LogP contribution in [0.5, 0.6) is 0 Å². The first-order chi connectivity index (χ1) is 9.05. The normalized spacial score (nSPS) is 33.3. The van der Waals surface area contributed by atoms with E-state index in [0.717, 1.165) is 12.8 Å². The largest absolute Gasteiger partial charge is 0.443 e. The summed E-state index contributed by atoms with van der Waals surface area (Å²) in [5.41, 5.74) is -0.793. The molecule has 0 aromatic heterocycles. The number of esters is 1. The van der Waals surface area contributed by atoms with Gasteiger partial charge in [-0.05, 0) is 38.0 Å². The lowest BCUT2D eigenvalue weighted by molar-refractivity contribution is -0.145. The zero-order valence-corrected chi connectivity index (χ0v) is 12.9. The number of terminal acetylenes is 1. The van der Waals surface area contributed by atoms with Gasteiger partial charge in [0.15, 0.2) is 11.4 Å². The smallest absolute Gasteiger partial charge is 0.332 e. The SMILES string of the molecule is C#CC(C)(C)OC(=O)/C=C1\C(=O)[C@@]2(C)CC[C@@H]1C2(C)C. The van der Waals surface area contributed by atoms with Crippen molar-refractivity contribution in [3.05, 3.63) is 11.6 Å². The summed E-state index contributed by atoms with van der Waals surface area (Å²) in [6.45, 7) is 9.53. The average Bonchev–Trinajstić information content (AvgIpc) is 2.63. The van der Waals surface area contributed by atoms with Gasteiger partial charge in [-0.1, -0.05) is 26.7 Å². The van der Waals surface area contributed by atoms with E-state index in [4.69, 9.17) is 11.2 Å². The van der Waals surface area contributed by atoms with Crippen molar-refractivity contribution >= 4 is 11.8 Å². The van der Waals surface area contributed by atoms with Gasteiger partial charge in [0, 0.05) is 17.1 Å². The van der Waals surface area contributed by atoms with Crippen molar-refractivity contribution in [3.63, 3.8) is 0 Å². The Labute approximate surface area is 120 Å². The van der Waals surface area contributed by atoms with Crippen molar-refractivity contribution < 1.29 is 14.3 Å². The molecular weight excluding hydrogens is 252 g/mol. The summed E-state index contributed by atoms with van der Waals surface area (Å²) in [5.74, 6) is 2.12. The molecule has 2 bridgehead atoms. The van der Waals surface area contributed by atoms with Crippen LogP contribution < -0.4 is 0 Å². The summed E-state index contributed by atoms with van der Waals surface area (Å²) >= 11 is 0. The Morgan fingerprint density at radius 2 is 2.05 bits per heavy atom. The zero-order chi connectivity index (χ0) is 15.3. The van der Waals surface area contributed by atoms with E-state index in [1.165, 1.54) is 6.08 Å². The Morgan fingerprint density at radius 1 is 1.45 bits per heavy atom. The molecule has 3 nitrogen and oxygen atoms in total. The highest BCUT2D eigenvalue weighted by Gasteiger charge is 2.64. The third-order valence-corrected chi connectivity index (χ3v) is 5.34. The summed E-state index contributed by atoms with van der Waals surface area (Å²) in [6.07, 6.45) is 8.51. The van der Waals surface area contributed by atoms with Crippen LogP contribution in [0.4, 0.5) is 0 Å². The number of hydrogen-bond donors (Lipinski definition) is 0. The monoisotopic (exact) mass is 274 g/mol. The van der Waals surface area contributed by atoms with Gasteiger partial charge in [-0.25, -0.2) is 4.79 Å². The van der Waals surface area contributed by atoms with Gasteiger partial charge in [0.05, 0.1) is 0 Å². The molecular formula is C17H22O3. The molecule has 0 spiro atoms. The van der Waals surface area contributed by atoms with Gasteiger partial charge in [-0.3, -0.25) is 4.79 Å². The molecule has 2 rings (SSSR count). The fourth-order valence-electron chi connectivity index (χ4n) is 3.53. The fraction of sp³-hybridized carbons (Fsp3) is 0.647. The van der Waals surface area contributed by atoms with Crippen LogP contribution in [0.3, 0.4) is 0 Å². The van der Waals surface area contributed by atoms with Crippen LogP contribution in [-0.4, -0.2) is 17.4 Å². The van der Waals surface area contributed by atoms with Crippen molar-refractivity contribution in [1.82, 2.24) is 0 Å². The van der Waals surface area contributed by atoms with E-state index >= 15 is 0 Å². The minimum atomic E-state index is -0.950. The molecule has 0 aromatic carbocycles. The molecule has 2 saturated carbocycles. The van der Waals surface area contributed by atoms with Gasteiger partial charge >= 0.3 is 5.97 Å². The van der Waals surface area contributed by atoms with E-state index in [1.807, 2.05) is 6.92 Å². The van der Waals surface area contributed by atoms with E-state index in [2.05, 4.69) is 19.8 Å². The van der Waals surface area contributed by atoms with Crippen molar-refractivity contribution in [2.45, 2.75) is 53.1 Å². The molecule has 0 aliphatic heterocycles. The third-order valence-electron chi connectivity index (χ3n) is 5.34. The van der Waals surface area contributed by atoms with Crippen LogP contribution in [0.2, 0.25) is 0 Å². The van der Waals surface area contributed by atoms with Gasteiger partial charge in [-0.2, -0.15) is 0 Å². The lowest BCUT2D eigenvalue weighted by Crippen LogP contribution is -2.32. The highest BCUT2D eigenvalue weighted by Crippen LogP contribution is 2.65. The maximum Gasteiger partial charge on any atom is 0.332 e. The molecule has 0 unspecified atom stereocenters. The molecule has 0 N–H and O–H groups in total. The van der Waals surface area contributed by atoms with Crippen LogP contribution in [-0.2, 0) is 14.3 Å². The van der Waals surface area contributed by atoms with Crippen LogP contribution in [0.25, 0.3) is 0 Å². The third kappa shape index (κ3) is 1.90. The topological polar surface area (TPSA) is 43.4 Å². The lowest BCUT2D eigenvalue weighted by atomic mass is 9.70. The van der Waals surface area contributed by atoms with E-state index in [9.17, 15) is 9.59 Å². The molecule has 0 amide bonds. The second-order valence-corrected chi connectivity index (χ2v) is 7.15. The quantitative estimate of drug-likeness (QED) is 0.442. The number of fused-ring (bicyclic) bond motifs is 2. The Morgan fingerprint density at radius 3 is 2.50 bits per heavy atom. The molecule has 20 heavy (non-hydrogen) atoms. The Hall–Kier alpha value is -1.56. The lowest BCUT2D eigenvalue weighted by Gasteiger charge is -2.31. The second-order valence-electron chi connectivity index (χ2n) is 7.15. The number of rotatable bonds is 2. The van der Waals surface area contributed by atoms with E-state index in [-0.39, 0.29) is 22.5 Å². The predicted molar refractivity (Wildman–Crippen MR) is 76.7 cm³/mol. The standard InChI is InChI=1S/C17H22O3/c1-7-15(2,3)20-13(18)10-11-12-8-9-17(6,14(11)19)16(12,4)5/h1,10,12H,8-9H2,2-6H3/b11-10-/t12-,17+/m0/s1. The van der Waals surface area contributed by atoms with E-state index in [0.29, 0.717) is 5.57 Å². The van der Waals surface area contributed by atoms with Crippen LogP contribution in [0.1, 0.15) is 47.5 Å². The summed E-state index contributed by atoms with van der Waals surface area (Å²) < 4.78 is 5.20. The van der Waals surface area contributed by atoms with Gasteiger partial charge < -0.3 is 4.74 Å². The van der Waals surface area contributed by atoms with Crippen molar-refractivity contribution in [1.29, 1.82) is 0 Å². The van der Waals surface area contributed by atoms with Crippen molar-refractivity contribution in [2.24, 2.45) is 16.7 Å². The Kier molecular flexibility index (Phi) is 3.13. The highest BCUT2D eigenvalue weighted by molar-refractivity contribution is 6.08. The molecule has 2 aliphatic carbocycles. The molecule has 0 radical (unpaired) electrons. The summed E-state index contributed by atoms with van der Waals surface area (Å²) in [7, 11) is 0. The molecule has 2 fully saturated rings. The van der Waals surface area contributed by atoms with Crippen LogP contribution >= 0.6 is 0 Å². The molecule has 3 heteroatoms. The van der Waals surface area contributed by atoms with Gasteiger partial charge in [-0.15, -0.1) is 6.42 Å². The second kappa shape index (κ2) is 4.22. The van der Waals surface area contributed by atoms with Gasteiger partial charge in [0.1, 0.15) is 0 Å². The summed E-state index contributed by atoms with van der Waals surface area (Å²) in [6, 6.07) is 0. The zero-order valence-electron chi connectivity index (χ0n) is 12.9. The van der Waals surface area contributed by atoms with Crippen LogP contribution in [0.15, 0.2) is 11.6 Å². The maximum absolute atomic E-state index is 12.6. The average molecular weight is 274 g/mol. The number of hydrogen-bond acceptors (Lipinski definition) is 3. The Bertz CT molecular complexity index is 545. The van der Waals surface area contributed by atoms with Gasteiger partial charge in [0.2, 0.25) is 0 Å². The maximum atomic E-state index is 12.6. The minimum Gasteiger partial charge on any atom is -0.443 e. The molecule has 2 atom stereocenters.